The minimum absolute atomic E-state index is 0.0458. The molecule has 1 amide bonds. The van der Waals surface area contributed by atoms with E-state index in [9.17, 15) is 4.79 Å². The Hall–Kier alpha value is -1.04. The Morgan fingerprint density at radius 3 is 2.60 bits per heavy atom. The van der Waals surface area contributed by atoms with Gasteiger partial charge < -0.3 is 4.90 Å². The zero-order valence-corrected chi connectivity index (χ0v) is 9.70. The highest BCUT2D eigenvalue weighted by Gasteiger charge is 2.26. The van der Waals surface area contributed by atoms with Crippen LogP contribution in [-0.4, -0.2) is 23.9 Å². The molecule has 84 valence electrons. The fourth-order valence-electron chi connectivity index (χ4n) is 2.12. The van der Waals surface area contributed by atoms with E-state index >= 15 is 0 Å². The van der Waals surface area contributed by atoms with Crippen molar-refractivity contribution in [3.8, 4) is 6.07 Å². The Labute approximate surface area is 92.1 Å². The molecule has 1 aliphatic rings. The summed E-state index contributed by atoms with van der Waals surface area (Å²) < 4.78 is 0. The van der Waals surface area contributed by atoms with Crippen molar-refractivity contribution in [3.05, 3.63) is 0 Å². The Bertz CT molecular complexity index is 251. The third-order valence-corrected chi connectivity index (χ3v) is 3.35. The van der Waals surface area contributed by atoms with Crippen LogP contribution in [0.3, 0.4) is 0 Å². The summed E-state index contributed by atoms with van der Waals surface area (Å²) in [5.74, 6) is 0.447. The molecule has 1 rings (SSSR count). The maximum atomic E-state index is 12.0. The highest BCUT2D eigenvalue weighted by Crippen LogP contribution is 2.25. The monoisotopic (exact) mass is 208 g/mol. The van der Waals surface area contributed by atoms with E-state index in [-0.39, 0.29) is 17.9 Å². The Kier molecular flexibility index (Phi) is 4.61. The lowest BCUT2D eigenvalue weighted by Crippen LogP contribution is -2.39. The molecule has 1 aliphatic carbocycles. The van der Waals surface area contributed by atoms with Gasteiger partial charge in [-0.2, -0.15) is 5.26 Å². The zero-order chi connectivity index (χ0) is 11.3. The summed E-state index contributed by atoms with van der Waals surface area (Å²) in [5.41, 5.74) is 0. The van der Waals surface area contributed by atoms with Crippen LogP contribution in [0.5, 0.6) is 0 Å². The number of rotatable bonds is 3. The quantitative estimate of drug-likeness (QED) is 0.714. The van der Waals surface area contributed by atoms with Gasteiger partial charge >= 0.3 is 0 Å². The van der Waals surface area contributed by atoms with Crippen molar-refractivity contribution in [2.24, 2.45) is 5.92 Å². The Morgan fingerprint density at radius 1 is 1.47 bits per heavy atom. The van der Waals surface area contributed by atoms with Crippen LogP contribution in [0.4, 0.5) is 0 Å². The van der Waals surface area contributed by atoms with Gasteiger partial charge in [-0.05, 0) is 19.8 Å². The van der Waals surface area contributed by atoms with Crippen LogP contribution >= 0.6 is 0 Å². The van der Waals surface area contributed by atoms with Gasteiger partial charge in [0.05, 0.1) is 12.5 Å². The molecule has 0 aromatic rings. The maximum absolute atomic E-state index is 12.0. The normalized spacial score (nSPS) is 19.3. The lowest BCUT2D eigenvalue weighted by Gasteiger charge is -2.29. The molecule has 0 radical (unpaired) electrons. The molecular formula is C12H20N2O. The maximum Gasteiger partial charge on any atom is 0.225 e. The van der Waals surface area contributed by atoms with E-state index in [0.717, 1.165) is 12.8 Å². The minimum atomic E-state index is 0.0458. The molecule has 3 nitrogen and oxygen atoms in total. The Morgan fingerprint density at radius 2 is 2.07 bits per heavy atom. The van der Waals surface area contributed by atoms with Gasteiger partial charge in [0.1, 0.15) is 0 Å². The summed E-state index contributed by atoms with van der Waals surface area (Å²) in [7, 11) is 1.82. The van der Waals surface area contributed by atoms with E-state index in [1.807, 2.05) is 14.0 Å². The predicted octanol–water partition coefficient (Wildman–Crippen LogP) is 2.33. The van der Waals surface area contributed by atoms with E-state index in [2.05, 4.69) is 6.07 Å². The van der Waals surface area contributed by atoms with Gasteiger partial charge in [0, 0.05) is 19.0 Å². The first-order valence-electron chi connectivity index (χ1n) is 5.80. The first kappa shape index (κ1) is 12.0. The minimum Gasteiger partial charge on any atom is -0.342 e. The van der Waals surface area contributed by atoms with Crippen molar-refractivity contribution >= 4 is 5.91 Å². The molecule has 15 heavy (non-hydrogen) atoms. The molecule has 1 unspecified atom stereocenters. The number of carbonyl (C=O) groups is 1. The van der Waals surface area contributed by atoms with Gasteiger partial charge in [-0.3, -0.25) is 4.79 Å². The number of hydrogen-bond donors (Lipinski definition) is 0. The second-order valence-corrected chi connectivity index (χ2v) is 4.50. The highest BCUT2D eigenvalue weighted by molar-refractivity contribution is 5.78. The second-order valence-electron chi connectivity index (χ2n) is 4.50. The van der Waals surface area contributed by atoms with Crippen molar-refractivity contribution in [2.75, 3.05) is 7.05 Å². The molecule has 1 atom stereocenters. The molecule has 0 saturated heterocycles. The van der Waals surface area contributed by atoms with Crippen molar-refractivity contribution < 1.29 is 4.79 Å². The van der Waals surface area contributed by atoms with Crippen molar-refractivity contribution in [1.82, 2.24) is 4.90 Å². The van der Waals surface area contributed by atoms with E-state index in [4.69, 9.17) is 5.26 Å². The average Bonchev–Trinajstić information content (AvgIpc) is 2.28. The van der Waals surface area contributed by atoms with Crippen LogP contribution < -0.4 is 0 Å². The average molecular weight is 208 g/mol. The fourth-order valence-corrected chi connectivity index (χ4v) is 2.12. The molecule has 3 heteroatoms. The standard InChI is InChI=1S/C12H20N2O/c1-10(8-9-13)14(2)12(15)11-6-4-3-5-7-11/h10-11H,3-8H2,1-2H3. The summed E-state index contributed by atoms with van der Waals surface area (Å²) in [6, 6.07) is 2.16. The van der Waals surface area contributed by atoms with Gasteiger partial charge in [0.2, 0.25) is 5.91 Å². The first-order chi connectivity index (χ1) is 7.16. The molecule has 0 heterocycles. The smallest absolute Gasteiger partial charge is 0.225 e. The van der Waals surface area contributed by atoms with Crippen LogP contribution in [0.25, 0.3) is 0 Å². The largest absolute Gasteiger partial charge is 0.342 e. The number of nitrogens with zero attached hydrogens (tertiary/aromatic N) is 2. The number of carbonyl (C=O) groups excluding carboxylic acids is 1. The second kappa shape index (κ2) is 5.75. The van der Waals surface area contributed by atoms with Gasteiger partial charge in [-0.1, -0.05) is 19.3 Å². The van der Waals surface area contributed by atoms with Crippen molar-refractivity contribution in [2.45, 2.75) is 51.5 Å². The topological polar surface area (TPSA) is 44.1 Å². The first-order valence-corrected chi connectivity index (χ1v) is 5.80. The molecule has 0 N–H and O–H groups in total. The lowest BCUT2D eigenvalue weighted by molar-refractivity contribution is -0.136. The molecule has 0 aliphatic heterocycles. The lowest BCUT2D eigenvalue weighted by atomic mass is 9.88. The van der Waals surface area contributed by atoms with Gasteiger partial charge in [-0.25, -0.2) is 0 Å². The number of hydrogen-bond acceptors (Lipinski definition) is 2. The number of nitriles is 1. The third-order valence-electron chi connectivity index (χ3n) is 3.35. The summed E-state index contributed by atoms with van der Waals surface area (Å²) >= 11 is 0. The van der Waals surface area contributed by atoms with Crippen LogP contribution in [0.15, 0.2) is 0 Å². The van der Waals surface area contributed by atoms with Gasteiger partial charge in [-0.15, -0.1) is 0 Å². The molecule has 0 aromatic carbocycles. The van der Waals surface area contributed by atoms with E-state index < -0.39 is 0 Å². The van der Waals surface area contributed by atoms with E-state index in [0.29, 0.717) is 6.42 Å². The van der Waals surface area contributed by atoms with Crippen molar-refractivity contribution in [3.63, 3.8) is 0 Å². The molecule has 1 saturated carbocycles. The van der Waals surface area contributed by atoms with E-state index in [1.54, 1.807) is 4.90 Å². The molecule has 0 aromatic heterocycles. The van der Waals surface area contributed by atoms with Gasteiger partial charge in [0.15, 0.2) is 0 Å². The van der Waals surface area contributed by atoms with E-state index in [1.165, 1.54) is 19.3 Å². The molecule has 1 fully saturated rings. The van der Waals surface area contributed by atoms with Gasteiger partial charge in [0.25, 0.3) is 0 Å². The van der Waals surface area contributed by atoms with Crippen molar-refractivity contribution in [1.29, 1.82) is 5.26 Å². The van der Waals surface area contributed by atoms with Crippen LogP contribution in [0.2, 0.25) is 0 Å². The van der Waals surface area contributed by atoms with Crippen LogP contribution in [-0.2, 0) is 4.79 Å². The van der Waals surface area contributed by atoms with Crippen LogP contribution in [0.1, 0.15) is 45.4 Å². The third kappa shape index (κ3) is 3.23. The summed E-state index contributed by atoms with van der Waals surface area (Å²) in [6.07, 6.45) is 6.11. The highest BCUT2D eigenvalue weighted by atomic mass is 16.2. The molecule has 0 spiro atoms. The number of amides is 1. The SMILES string of the molecule is CC(CC#N)N(C)C(=O)C1CCCCC1. The molecular weight excluding hydrogens is 188 g/mol. The summed E-state index contributed by atoms with van der Waals surface area (Å²) in [4.78, 5) is 13.8. The predicted molar refractivity (Wildman–Crippen MR) is 59.0 cm³/mol. The fraction of sp³-hybridized carbons (Fsp3) is 0.833. The zero-order valence-electron chi connectivity index (χ0n) is 9.70. The molecule has 0 bridgehead atoms. The Balaban J connectivity index is 2.47. The summed E-state index contributed by atoms with van der Waals surface area (Å²) in [6.45, 7) is 1.93. The summed E-state index contributed by atoms with van der Waals surface area (Å²) in [5, 5.41) is 8.59. The van der Waals surface area contributed by atoms with Crippen LogP contribution in [0, 0.1) is 17.2 Å².